The number of nitrogens with zero attached hydrogens (tertiary/aromatic N) is 3. The number of carbonyl (C=O) groups excluding carboxylic acids is 1. The minimum Gasteiger partial charge on any atom is -0.450 e. The number of piperazine rings is 1. The standard InChI is InChI=1S/C15H21N3O5/c1-3-23-15(20)17-8-6-16(7-9-17)13-5-4-12(11(2)19)10-14(13)18(21)22/h4-5,10-11,19H,3,6-9H2,1-2H3/t11-/m1/s1. The predicted molar refractivity (Wildman–Crippen MR) is 84.5 cm³/mol. The van der Waals surface area contributed by atoms with Crippen molar-refractivity contribution in [3.63, 3.8) is 0 Å². The van der Waals surface area contributed by atoms with Gasteiger partial charge < -0.3 is 19.6 Å². The number of nitro groups is 1. The monoisotopic (exact) mass is 323 g/mol. The Morgan fingerprint density at radius 2 is 2.04 bits per heavy atom. The molecule has 1 aromatic rings. The highest BCUT2D eigenvalue weighted by Crippen LogP contribution is 2.31. The highest BCUT2D eigenvalue weighted by atomic mass is 16.6. The van der Waals surface area contributed by atoms with Gasteiger partial charge in [0.15, 0.2) is 0 Å². The van der Waals surface area contributed by atoms with Gasteiger partial charge in [-0.2, -0.15) is 0 Å². The summed E-state index contributed by atoms with van der Waals surface area (Å²) >= 11 is 0. The van der Waals surface area contributed by atoms with Crippen LogP contribution in [0.1, 0.15) is 25.5 Å². The van der Waals surface area contributed by atoms with Crippen molar-refractivity contribution < 1.29 is 19.6 Å². The van der Waals surface area contributed by atoms with E-state index in [9.17, 15) is 20.0 Å². The summed E-state index contributed by atoms with van der Waals surface area (Å²) in [7, 11) is 0. The number of rotatable bonds is 4. The van der Waals surface area contributed by atoms with Gasteiger partial charge in [-0.3, -0.25) is 10.1 Å². The van der Waals surface area contributed by atoms with Crippen LogP contribution in [-0.4, -0.2) is 53.8 Å². The Labute approximate surface area is 134 Å². The summed E-state index contributed by atoms with van der Waals surface area (Å²) in [5, 5.41) is 20.9. The van der Waals surface area contributed by atoms with E-state index < -0.39 is 11.0 Å². The third kappa shape index (κ3) is 3.89. The number of ether oxygens (including phenoxy) is 1. The van der Waals surface area contributed by atoms with Crippen LogP contribution in [0.4, 0.5) is 16.2 Å². The lowest BCUT2D eigenvalue weighted by Gasteiger charge is -2.35. The van der Waals surface area contributed by atoms with Gasteiger partial charge >= 0.3 is 6.09 Å². The van der Waals surface area contributed by atoms with Crippen LogP contribution < -0.4 is 4.90 Å². The Morgan fingerprint density at radius 1 is 1.39 bits per heavy atom. The molecule has 0 spiro atoms. The number of anilines is 1. The molecule has 0 unspecified atom stereocenters. The van der Waals surface area contributed by atoms with Crippen molar-refractivity contribution in [2.75, 3.05) is 37.7 Å². The summed E-state index contributed by atoms with van der Waals surface area (Å²) in [6.45, 7) is 5.53. The van der Waals surface area contributed by atoms with Gasteiger partial charge in [0, 0.05) is 32.2 Å². The molecule has 8 nitrogen and oxygen atoms in total. The van der Waals surface area contributed by atoms with E-state index in [2.05, 4.69) is 0 Å². The van der Waals surface area contributed by atoms with Crippen molar-refractivity contribution in [3.8, 4) is 0 Å². The van der Waals surface area contributed by atoms with E-state index >= 15 is 0 Å². The van der Waals surface area contributed by atoms with Gasteiger partial charge in [0.05, 0.1) is 17.6 Å². The fraction of sp³-hybridized carbons (Fsp3) is 0.533. The molecule has 126 valence electrons. The Kier molecular flexibility index (Phi) is 5.38. The van der Waals surface area contributed by atoms with Crippen LogP contribution in [0, 0.1) is 10.1 Å². The number of hydrogen-bond acceptors (Lipinski definition) is 6. The Bertz CT molecular complexity index is 582. The molecule has 2 rings (SSSR count). The minimum absolute atomic E-state index is 0.0343. The molecule has 1 heterocycles. The molecular weight excluding hydrogens is 302 g/mol. The van der Waals surface area contributed by atoms with E-state index in [1.807, 2.05) is 4.90 Å². The zero-order chi connectivity index (χ0) is 17.0. The second kappa shape index (κ2) is 7.28. The first kappa shape index (κ1) is 17.0. The molecule has 1 N–H and O–H groups in total. The summed E-state index contributed by atoms with van der Waals surface area (Å²) < 4.78 is 4.96. The molecule has 1 aliphatic heterocycles. The molecule has 1 amide bonds. The molecule has 0 radical (unpaired) electrons. The second-order valence-electron chi connectivity index (χ2n) is 5.35. The van der Waals surface area contributed by atoms with Gasteiger partial charge in [-0.1, -0.05) is 6.07 Å². The Hall–Kier alpha value is -2.35. The van der Waals surface area contributed by atoms with Gasteiger partial charge in [-0.15, -0.1) is 0 Å². The minimum atomic E-state index is -0.761. The molecule has 0 aliphatic carbocycles. The lowest BCUT2D eigenvalue weighted by molar-refractivity contribution is -0.384. The number of amides is 1. The smallest absolute Gasteiger partial charge is 0.409 e. The van der Waals surface area contributed by atoms with Gasteiger partial charge in [-0.05, 0) is 25.5 Å². The first-order chi connectivity index (χ1) is 10.9. The van der Waals surface area contributed by atoms with Gasteiger partial charge in [-0.25, -0.2) is 4.79 Å². The molecule has 0 aromatic heterocycles. The van der Waals surface area contributed by atoms with Crippen LogP contribution in [0.2, 0.25) is 0 Å². The third-order valence-electron chi connectivity index (χ3n) is 3.82. The molecule has 0 bridgehead atoms. The van der Waals surface area contributed by atoms with E-state index in [1.165, 1.54) is 6.07 Å². The summed E-state index contributed by atoms with van der Waals surface area (Å²) in [6, 6.07) is 4.74. The fourth-order valence-electron chi connectivity index (χ4n) is 2.56. The molecule has 1 atom stereocenters. The lowest BCUT2D eigenvalue weighted by atomic mass is 10.1. The van der Waals surface area contributed by atoms with Crippen molar-refractivity contribution in [3.05, 3.63) is 33.9 Å². The quantitative estimate of drug-likeness (QED) is 0.672. The van der Waals surface area contributed by atoms with Crippen molar-refractivity contribution in [1.29, 1.82) is 0 Å². The number of hydrogen-bond donors (Lipinski definition) is 1. The first-order valence-corrected chi connectivity index (χ1v) is 7.57. The van der Waals surface area contributed by atoms with Crippen molar-refractivity contribution in [2.45, 2.75) is 20.0 Å². The molecule has 1 aliphatic rings. The maximum Gasteiger partial charge on any atom is 0.409 e. The second-order valence-corrected chi connectivity index (χ2v) is 5.35. The van der Waals surface area contributed by atoms with Gasteiger partial charge in [0.2, 0.25) is 0 Å². The van der Waals surface area contributed by atoms with E-state index in [4.69, 9.17) is 4.74 Å². The lowest BCUT2D eigenvalue weighted by Crippen LogP contribution is -2.49. The number of aliphatic hydroxyl groups is 1. The number of aliphatic hydroxyl groups excluding tert-OH is 1. The molecule has 1 saturated heterocycles. The number of benzene rings is 1. The highest BCUT2D eigenvalue weighted by Gasteiger charge is 2.26. The maximum atomic E-state index is 11.7. The van der Waals surface area contributed by atoms with Gasteiger partial charge in [0.1, 0.15) is 5.69 Å². The zero-order valence-corrected chi connectivity index (χ0v) is 13.3. The molecule has 1 aromatic carbocycles. The summed E-state index contributed by atoms with van der Waals surface area (Å²) in [5.41, 5.74) is 0.974. The zero-order valence-electron chi connectivity index (χ0n) is 13.3. The van der Waals surface area contributed by atoms with Crippen LogP contribution in [0.5, 0.6) is 0 Å². The topological polar surface area (TPSA) is 96.2 Å². The van der Waals surface area contributed by atoms with E-state index in [1.54, 1.807) is 30.9 Å². The molecule has 1 fully saturated rings. The molecule has 8 heteroatoms. The van der Waals surface area contributed by atoms with Crippen LogP contribution in [0.3, 0.4) is 0 Å². The molecule has 23 heavy (non-hydrogen) atoms. The third-order valence-corrected chi connectivity index (χ3v) is 3.82. The molecule has 0 saturated carbocycles. The Morgan fingerprint density at radius 3 is 2.57 bits per heavy atom. The summed E-state index contributed by atoms with van der Waals surface area (Å²) in [6.07, 6.45) is -1.12. The van der Waals surface area contributed by atoms with Crippen LogP contribution >= 0.6 is 0 Å². The van der Waals surface area contributed by atoms with E-state index in [-0.39, 0.29) is 11.8 Å². The number of carbonyl (C=O) groups is 1. The SMILES string of the molecule is CCOC(=O)N1CCN(c2ccc([C@@H](C)O)cc2[N+](=O)[O-])CC1. The molecular formula is C15H21N3O5. The highest BCUT2D eigenvalue weighted by molar-refractivity contribution is 5.69. The van der Waals surface area contributed by atoms with Gasteiger partial charge in [0.25, 0.3) is 5.69 Å². The summed E-state index contributed by atoms with van der Waals surface area (Å²) in [4.78, 5) is 26.0. The van der Waals surface area contributed by atoms with E-state index in [0.717, 1.165) is 0 Å². The fourth-order valence-corrected chi connectivity index (χ4v) is 2.56. The largest absolute Gasteiger partial charge is 0.450 e. The van der Waals surface area contributed by atoms with Crippen LogP contribution in [0.25, 0.3) is 0 Å². The van der Waals surface area contributed by atoms with Crippen LogP contribution in [0.15, 0.2) is 18.2 Å². The van der Waals surface area contributed by atoms with E-state index in [0.29, 0.717) is 44.0 Å². The first-order valence-electron chi connectivity index (χ1n) is 7.57. The Balaban J connectivity index is 2.14. The van der Waals surface area contributed by atoms with Crippen LogP contribution in [-0.2, 0) is 4.74 Å². The number of nitro benzene ring substituents is 1. The van der Waals surface area contributed by atoms with Crippen molar-refractivity contribution in [2.24, 2.45) is 0 Å². The summed E-state index contributed by atoms with van der Waals surface area (Å²) in [5.74, 6) is 0. The normalized spacial score (nSPS) is 16.1. The van der Waals surface area contributed by atoms with Crippen molar-refractivity contribution in [1.82, 2.24) is 4.90 Å². The van der Waals surface area contributed by atoms with Crippen molar-refractivity contribution >= 4 is 17.5 Å². The average molecular weight is 323 g/mol. The predicted octanol–water partition coefficient (Wildman–Crippen LogP) is 1.93. The maximum absolute atomic E-state index is 11.7. The average Bonchev–Trinajstić information content (AvgIpc) is 2.54.